The number of benzene rings is 1. The number of pyridine rings is 1. The molecule has 3 aromatic heterocycles. The van der Waals surface area contributed by atoms with Gasteiger partial charge >= 0.3 is 0 Å². The fraction of sp³-hybridized carbons (Fsp3) is 0.0909. The SMILES string of the molecule is Cc1cn(C)c(C(=O)c2ccc(-c3cnc4[nH]cc(/C=C/C(N)=O)c4c3)cc2)n1. The lowest BCUT2D eigenvalue weighted by Gasteiger charge is -2.05. The van der Waals surface area contributed by atoms with E-state index in [0.717, 1.165) is 33.4 Å². The molecule has 0 aliphatic heterocycles. The van der Waals surface area contributed by atoms with Crippen LogP contribution in [0.2, 0.25) is 0 Å². The lowest BCUT2D eigenvalue weighted by molar-refractivity contribution is -0.113. The first-order valence-corrected chi connectivity index (χ1v) is 9.02. The molecule has 3 heterocycles. The van der Waals surface area contributed by atoms with E-state index < -0.39 is 5.91 Å². The van der Waals surface area contributed by atoms with Gasteiger partial charge in [-0.15, -0.1) is 0 Å². The molecular weight excluding hydrogens is 366 g/mol. The molecule has 0 radical (unpaired) electrons. The van der Waals surface area contributed by atoms with Crippen LogP contribution in [-0.4, -0.2) is 31.2 Å². The van der Waals surface area contributed by atoms with Crippen molar-refractivity contribution in [3.8, 4) is 11.1 Å². The molecule has 0 bridgehead atoms. The van der Waals surface area contributed by atoms with Crippen molar-refractivity contribution in [2.24, 2.45) is 12.8 Å². The van der Waals surface area contributed by atoms with Crippen molar-refractivity contribution in [3.63, 3.8) is 0 Å². The molecule has 0 unspecified atom stereocenters. The number of nitrogens with zero attached hydrogens (tertiary/aromatic N) is 3. The number of carbonyl (C=O) groups is 2. The second kappa shape index (κ2) is 7.20. The third-order valence-corrected chi connectivity index (χ3v) is 4.67. The number of aryl methyl sites for hydroxylation is 2. The highest BCUT2D eigenvalue weighted by molar-refractivity contribution is 6.07. The molecule has 144 valence electrons. The van der Waals surface area contributed by atoms with Crippen LogP contribution in [-0.2, 0) is 11.8 Å². The summed E-state index contributed by atoms with van der Waals surface area (Å²) in [5, 5.41) is 0.878. The molecule has 0 aliphatic carbocycles. The van der Waals surface area contributed by atoms with Crippen LogP contribution in [0.25, 0.3) is 28.2 Å². The number of aromatic amines is 1. The van der Waals surface area contributed by atoms with Crippen LogP contribution in [0.3, 0.4) is 0 Å². The maximum Gasteiger partial charge on any atom is 0.241 e. The highest BCUT2D eigenvalue weighted by atomic mass is 16.1. The molecular formula is C22H19N5O2. The fourth-order valence-electron chi connectivity index (χ4n) is 3.26. The van der Waals surface area contributed by atoms with Crippen LogP contribution in [0, 0.1) is 6.92 Å². The molecule has 0 fully saturated rings. The highest BCUT2D eigenvalue weighted by Crippen LogP contribution is 2.26. The molecule has 7 heteroatoms. The lowest BCUT2D eigenvalue weighted by atomic mass is 10.0. The summed E-state index contributed by atoms with van der Waals surface area (Å²) in [6.07, 6.45) is 8.33. The average molecular weight is 385 g/mol. The number of primary amides is 1. The van der Waals surface area contributed by atoms with Gasteiger partial charge in [-0.25, -0.2) is 9.97 Å². The van der Waals surface area contributed by atoms with Crippen molar-refractivity contribution in [3.05, 3.63) is 77.6 Å². The van der Waals surface area contributed by atoms with Gasteiger partial charge in [-0.3, -0.25) is 9.59 Å². The van der Waals surface area contributed by atoms with Gasteiger partial charge in [-0.05, 0) is 24.6 Å². The fourth-order valence-corrected chi connectivity index (χ4v) is 3.26. The molecule has 0 spiro atoms. The van der Waals surface area contributed by atoms with Gasteiger partial charge in [0.15, 0.2) is 5.82 Å². The van der Waals surface area contributed by atoms with Crippen LogP contribution in [0.5, 0.6) is 0 Å². The number of hydrogen-bond acceptors (Lipinski definition) is 4. The third kappa shape index (κ3) is 3.58. The standard InChI is InChI=1S/C22H19N5O2/c1-13-12-27(2)22(26-13)20(29)15-5-3-14(4-6-15)17-9-18-16(7-8-19(23)28)10-24-21(18)25-11-17/h3-12H,1-2H3,(H2,23,28)(H,24,25)/b8-7+. The van der Waals surface area contributed by atoms with Crippen LogP contribution >= 0.6 is 0 Å². The number of hydrogen-bond donors (Lipinski definition) is 2. The molecule has 7 nitrogen and oxygen atoms in total. The smallest absolute Gasteiger partial charge is 0.241 e. The second-order valence-electron chi connectivity index (χ2n) is 6.82. The number of aromatic nitrogens is 4. The van der Waals surface area contributed by atoms with Crippen molar-refractivity contribution < 1.29 is 9.59 Å². The second-order valence-corrected chi connectivity index (χ2v) is 6.82. The first-order valence-electron chi connectivity index (χ1n) is 9.02. The zero-order chi connectivity index (χ0) is 20.5. The average Bonchev–Trinajstić information content (AvgIpc) is 3.27. The van der Waals surface area contributed by atoms with E-state index in [1.165, 1.54) is 6.08 Å². The quantitative estimate of drug-likeness (QED) is 0.407. The van der Waals surface area contributed by atoms with Gasteiger partial charge < -0.3 is 15.3 Å². The minimum absolute atomic E-state index is 0.120. The third-order valence-electron chi connectivity index (χ3n) is 4.67. The number of rotatable bonds is 5. The van der Waals surface area contributed by atoms with Gasteiger partial charge in [0.1, 0.15) is 5.65 Å². The maximum atomic E-state index is 12.7. The minimum atomic E-state index is -0.508. The van der Waals surface area contributed by atoms with E-state index in [9.17, 15) is 9.59 Å². The molecule has 0 saturated heterocycles. The number of nitrogens with two attached hydrogens (primary N) is 1. The van der Waals surface area contributed by atoms with Crippen molar-refractivity contribution in [1.29, 1.82) is 0 Å². The Morgan fingerprint density at radius 1 is 1.17 bits per heavy atom. The zero-order valence-corrected chi connectivity index (χ0v) is 16.0. The van der Waals surface area contributed by atoms with E-state index in [2.05, 4.69) is 15.0 Å². The molecule has 1 aromatic carbocycles. The van der Waals surface area contributed by atoms with E-state index in [-0.39, 0.29) is 5.78 Å². The maximum absolute atomic E-state index is 12.7. The van der Waals surface area contributed by atoms with Gasteiger partial charge in [-0.1, -0.05) is 24.3 Å². The molecule has 1 amide bonds. The van der Waals surface area contributed by atoms with Gasteiger partial charge in [-0.2, -0.15) is 0 Å². The first kappa shape index (κ1) is 18.4. The summed E-state index contributed by atoms with van der Waals surface area (Å²) < 4.78 is 1.73. The van der Waals surface area contributed by atoms with E-state index in [4.69, 9.17) is 5.73 Å². The Balaban J connectivity index is 1.66. The summed E-state index contributed by atoms with van der Waals surface area (Å²) in [6, 6.07) is 9.33. The van der Waals surface area contributed by atoms with Gasteiger partial charge in [0.05, 0.1) is 5.69 Å². The van der Waals surface area contributed by atoms with Gasteiger partial charge in [0.2, 0.25) is 11.7 Å². The van der Waals surface area contributed by atoms with Crippen molar-refractivity contribution in [2.45, 2.75) is 6.92 Å². The topological polar surface area (TPSA) is 107 Å². The number of imidazole rings is 1. The monoisotopic (exact) mass is 385 g/mol. The predicted molar refractivity (Wildman–Crippen MR) is 111 cm³/mol. The summed E-state index contributed by atoms with van der Waals surface area (Å²) in [4.78, 5) is 35.5. The Morgan fingerprint density at radius 3 is 2.59 bits per heavy atom. The van der Waals surface area contributed by atoms with Crippen LogP contribution in [0.4, 0.5) is 0 Å². The molecule has 3 N–H and O–H groups in total. The summed E-state index contributed by atoms with van der Waals surface area (Å²) >= 11 is 0. The molecule has 0 saturated carbocycles. The zero-order valence-electron chi connectivity index (χ0n) is 16.0. The predicted octanol–water partition coefficient (Wildman–Crippen LogP) is 3.00. The van der Waals surface area contributed by atoms with Crippen LogP contribution in [0.15, 0.2) is 55.0 Å². The normalized spacial score (nSPS) is 11.4. The number of H-pyrrole nitrogens is 1. The summed E-state index contributed by atoms with van der Waals surface area (Å²) in [7, 11) is 1.81. The molecule has 0 aliphatic rings. The van der Waals surface area contributed by atoms with E-state index in [0.29, 0.717) is 11.4 Å². The Kier molecular flexibility index (Phi) is 4.56. The number of carbonyl (C=O) groups excluding carboxylic acids is 2. The first-order chi connectivity index (χ1) is 13.9. The van der Waals surface area contributed by atoms with Gasteiger partial charge in [0, 0.05) is 53.8 Å². The number of nitrogens with one attached hydrogen (secondary N) is 1. The van der Waals surface area contributed by atoms with Crippen molar-refractivity contribution >= 4 is 28.8 Å². The minimum Gasteiger partial charge on any atom is -0.366 e. The summed E-state index contributed by atoms with van der Waals surface area (Å²) in [6.45, 7) is 1.86. The lowest BCUT2D eigenvalue weighted by Crippen LogP contribution is -2.08. The highest BCUT2D eigenvalue weighted by Gasteiger charge is 2.15. The van der Waals surface area contributed by atoms with Crippen molar-refractivity contribution in [1.82, 2.24) is 19.5 Å². The molecule has 4 aromatic rings. The molecule has 0 atom stereocenters. The summed E-state index contributed by atoms with van der Waals surface area (Å²) in [5.41, 5.74) is 9.93. The largest absolute Gasteiger partial charge is 0.366 e. The molecule has 4 rings (SSSR count). The van der Waals surface area contributed by atoms with Crippen LogP contribution < -0.4 is 5.73 Å². The Morgan fingerprint density at radius 2 is 1.93 bits per heavy atom. The van der Waals surface area contributed by atoms with E-state index in [1.807, 2.05) is 38.4 Å². The van der Waals surface area contributed by atoms with Crippen LogP contribution in [0.1, 0.15) is 27.4 Å². The Bertz CT molecular complexity index is 1260. The van der Waals surface area contributed by atoms with E-state index in [1.54, 1.807) is 35.2 Å². The Labute approximate surface area is 166 Å². The van der Waals surface area contributed by atoms with Gasteiger partial charge in [0.25, 0.3) is 0 Å². The van der Waals surface area contributed by atoms with Crippen molar-refractivity contribution in [2.75, 3.05) is 0 Å². The van der Waals surface area contributed by atoms with E-state index >= 15 is 0 Å². The Hall–Kier alpha value is -4.00. The summed E-state index contributed by atoms with van der Waals surface area (Å²) in [5.74, 6) is -0.214. The number of ketones is 1. The number of fused-ring (bicyclic) bond motifs is 1. The molecule has 29 heavy (non-hydrogen) atoms. The number of amides is 1.